The number of nitrogens with zero attached hydrogens (tertiary/aromatic N) is 4. The lowest BCUT2D eigenvalue weighted by Crippen LogP contribution is -2.29. The summed E-state index contributed by atoms with van der Waals surface area (Å²) in [5, 5.41) is 8.86. The van der Waals surface area contributed by atoms with Gasteiger partial charge in [0.05, 0.1) is 28.5 Å². The Morgan fingerprint density at radius 2 is 2.07 bits per heavy atom. The first-order chi connectivity index (χ1) is 13.4. The highest BCUT2D eigenvalue weighted by molar-refractivity contribution is 9.10. The van der Waals surface area contributed by atoms with Crippen molar-refractivity contribution in [2.24, 2.45) is 0 Å². The minimum atomic E-state index is -0.248. The predicted molar refractivity (Wildman–Crippen MR) is 108 cm³/mol. The number of rotatable bonds is 7. The van der Waals surface area contributed by atoms with Crippen molar-refractivity contribution < 1.29 is 14.1 Å². The van der Waals surface area contributed by atoms with Gasteiger partial charge in [0.2, 0.25) is 0 Å². The van der Waals surface area contributed by atoms with Crippen LogP contribution in [0, 0.1) is 6.92 Å². The average molecular weight is 468 g/mol. The van der Waals surface area contributed by atoms with Crippen LogP contribution >= 0.6 is 27.5 Å². The van der Waals surface area contributed by atoms with E-state index in [-0.39, 0.29) is 18.2 Å². The molecule has 0 saturated heterocycles. The van der Waals surface area contributed by atoms with Crippen molar-refractivity contribution in [3.63, 3.8) is 0 Å². The molecule has 0 atom stereocenters. The number of carbonyl (C=O) groups is 1. The SMILES string of the molecule is CCn1ncc(Br)c1CN(C)C(=O)c1noc(C)c1COc1ccc(Cl)cc1. The summed E-state index contributed by atoms with van der Waals surface area (Å²) in [5.41, 5.74) is 1.78. The zero-order valence-electron chi connectivity index (χ0n) is 15.8. The van der Waals surface area contributed by atoms with Gasteiger partial charge < -0.3 is 14.2 Å². The minimum Gasteiger partial charge on any atom is -0.489 e. The van der Waals surface area contributed by atoms with Crippen LogP contribution in [0.3, 0.4) is 0 Å². The highest BCUT2D eigenvalue weighted by Gasteiger charge is 2.24. The van der Waals surface area contributed by atoms with E-state index in [1.807, 2.05) is 11.6 Å². The fourth-order valence-electron chi connectivity index (χ4n) is 2.71. The van der Waals surface area contributed by atoms with Crippen LogP contribution in [0.4, 0.5) is 0 Å². The first-order valence-corrected chi connectivity index (χ1v) is 9.87. The van der Waals surface area contributed by atoms with Gasteiger partial charge in [-0.1, -0.05) is 16.8 Å². The number of aromatic nitrogens is 3. The summed E-state index contributed by atoms with van der Waals surface area (Å²) < 4.78 is 13.7. The van der Waals surface area contributed by atoms with Gasteiger partial charge in [0, 0.05) is 18.6 Å². The van der Waals surface area contributed by atoms with E-state index in [4.69, 9.17) is 20.9 Å². The molecule has 0 radical (unpaired) electrons. The number of amides is 1. The second kappa shape index (κ2) is 8.79. The van der Waals surface area contributed by atoms with Crippen molar-refractivity contribution in [3.05, 3.63) is 62.7 Å². The molecular weight excluding hydrogens is 448 g/mol. The maximum absolute atomic E-state index is 13.0. The van der Waals surface area contributed by atoms with Crippen LogP contribution in [-0.2, 0) is 19.7 Å². The van der Waals surface area contributed by atoms with Crippen molar-refractivity contribution in [3.8, 4) is 5.75 Å². The summed E-state index contributed by atoms with van der Waals surface area (Å²) in [6.07, 6.45) is 1.72. The molecule has 0 bridgehead atoms. The summed E-state index contributed by atoms with van der Waals surface area (Å²) in [5.74, 6) is 0.945. The Bertz CT molecular complexity index is 968. The number of carbonyl (C=O) groups excluding carboxylic acids is 1. The molecule has 0 aliphatic carbocycles. The topological polar surface area (TPSA) is 73.4 Å². The van der Waals surface area contributed by atoms with Crippen LogP contribution in [0.2, 0.25) is 5.02 Å². The van der Waals surface area contributed by atoms with Crippen LogP contribution in [0.5, 0.6) is 5.75 Å². The van der Waals surface area contributed by atoms with Crippen LogP contribution in [0.1, 0.15) is 34.4 Å². The molecule has 28 heavy (non-hydrogen) atoms. The molecule has 3 aromatic rings. The molecule has 0 unspecified atom stereocenters. The molecule has 0 fully saturated rings. The van der Waals surface area contributed by atoms with Crippen LogP contribution in [-0.4, -0.2) is 32.8 Å². The van der Waals surface area contributed by atoms with E-state index in [2.05, 4.69) is 26.2 Å². The molecule has 9 heteroatoms. The Morgan fingerprint density at radius 3 is 2.75 bits per heavy atom. The second-order valence-electron chi connectivity index (χ2n) is 6.22. The number of hydrogen-bond donors (Lipinski definition) is 0. The predicted octanol–water partition coefficient (Wildman–Crippen LogP) is 4.47. The molecule has 2 heterocycles. The van der Waals surface area contributed by atoms with Crippen molar-refractivity contribution in [1.29, 1.82) is 0 Å². The van der Waals surface area contributed by atoms with Gasteiger partial charge in [0.25, 0.3) is 5.91 Å². The fourth-order valence-corrected chi connectivity index (χ4v) is 3.26. The molecule has 0 aliphatic rings. The van der Waals surface area contributed by atoms with E-state index in [0.717, 1.165) is 10.2 Å². The lowest BCUT2D eigenvalue weighted by Gasteiger charge is -2.17. The van der Waals surface area contributed by atoms with E-state index in [1.165, 1.54) is 0 Å². The quantitative estimate of drug-likeness (QED) is 0.513. The summed E-state index contributed by atoms with van der Waals surface area (Å²) in [6.45, 7) is 5.02. The van der Waals surface area contributed by atoms with E-state index in [0.29, 0.717) is 35.2 Å². The highest BCUT2D eigenvalue weighted by atomic mass is 79.9. The van der Waals surface area contributed by atoms with Crippen molar-refractivity contribution >= 4 is 33.4 Å². The Balaban J connectivity index is 1.74. The Kier molecular flexibility index (Phi) is 6.41. The zero-order chi connectivity index (χ0) is 20.3. The van der Waals surface area contributed by atoms with Gasteiger partial charge in [-0.05, 0) is 54.0 Å². The molecule has 7 nitrogen and oxygen atoms in total. The van der Waals surface area contributed by atoms with E-state index in [1.54, 1.807) is 49.3 Å². The average Bonchev–Trinajstić information content (AvgIpc) is 3.23. The van der Waals surface area contributed by atoms with Crippen molar-refractivity contribution in [1.82, 2.24) is 19.8 Å². The molecule has 0 saturated carbocycles. The molecule has 1 amide bonds. The first-order valence-electron chi connectivity index (χ1n) is 8.69. The smallest absolute Gasteiger partial charge is 0.276 e. The number of benzene rings is 1. The number of ether oxygens (including phenoxy) is 1. The minimum absolute atomic E-state index is 0.169. The fraction of sp³-hybridized carbons (Fsp3) is 0.316. The lowest BCUT2D eigenvalue weighted by atomic mass is 10.2. The normalized spacial score (nSPS) is 10.9. The van der Waals surface area contributed by atoms with Crippen molar-refractivity contribution in [2.75, 3.05) is 7.05 Å². The highest BCUT2D eigenvalue weighted by Crippen LogP contribution is 2.22. The lowest BCUT2D eigenvalue weighted by molar-refractivity contribution is 0.0768. The Morgan fingerprint density at radius 1 is 1.36 bits per heavy atom. The number of halogens is 2. The van der Waals surface area contributed by atoms with Gasteiger partial charge in [-0.25, -0.2) is 0 Å². The van der Waals surface area contributed by atoms with E-state index < -0.39 is 0 Å². The van der Waals surface area contributed by atoms with Crippen LogP contribution < -0.4 is 4.74 Å². The summed E-state index contributed by atoms with van der Waals surface area (Å²) >= 11 is 9.37. The van der Waals surface area contributed by atoms with Crippen molar-refractivity contribution in [2.45, 2.75) is 33.5 Å². The maximum Gasteiger partial charge on any atom is 0.276 e. The Hall–Kier alpha value is -2.32. The van der Waals surface area contributed by atoms with Gasteiger partial charge in [-0.2, -0.15) is 5.10 Å². The van der Waals surface area contributed by atoms with E-state index in [9.17, 15) is 4.79 Å². The molecule has 148 valence electrons. The monoisotopic (exact) mass is 466 g/mol. The summed E-state index contributed by atoms with van der Waals surface area (Å²) in [6, 6.07) is 7.02. The molecule has 1 aromatic carbocycles. The number of hydrogen-bond acceptors (Lipinski definition) is 5. The van der Waals surface area contributed by atoms with Crippen LogP contribution in [0.25, 0.3) is 0 Å². The molecule has 0 N–H and O–H groups in total. The third-order valence-corrected chi connectivity index (χ3v) is 5.23. The summed E-state index contributed by atoms with van der Waals surface area (Å²) in [7, 11) is 1.72. The van der Waals surface area contributed by atoms with Gasteiger partial charge in [-0.3, -0.25) is 9.48 Å². The second-order valence-corrected chi connectivity index (χ2v) is 7.52. The molecule has 2 aromatic heterocycles. The molecular formula is C19H20BrClN4O3. The zero-order valence-corrected chi connectivity index (χ0v) is 18.1. The molecule has 0 aliphatic heterocycles. The van der Waals surface area contributed by atoms with Gasteiger partial charge in [0.1, 0.15) is 18.1 Å². The first kappa shape index (κ1) is 20.4. The molecule has 0 spiro atoms. The maximum atomic E-state index is 13.0. The van der Waals surface area contributed by atoms with Gasteiger partial charge >= 0.3 is 0 Å². The summed E-state index contributed by atoms with van der Waals surface area (Å²) in [4.78, 5) is 14.5. The Labute approximate surface area is 176 Å². The standard InChI is InChI=1S/C19H20BrClN4O3/c1-4-25-17(16(20)9-22-25)10-24(3)19(26)18-15(12(2)28-23-18)11-27-14-7-5-13(21)6-8-14/h5-9H,4,10-11H2,1-3H3. The van der Waals surface area contributed by atoms with E-state index >= 15 is 0 Å². The van der Waals surface area contributed by atoms with Crippen LogP contribution in [0.15, 0.2) is 39.5 Å². The third-order valence-electron chi connectivity index (χ3n) is 4.31. The van der Waals surface area contributed by atoms with Gasteiger partial charge in [0.15, 0.2) is 5.69 Å². The number of aryl methyl sites for hydroxylation is 2. The largest absolute Gasteiger partial charge is 0.489 e. The van der Waals surface area contributed by atoms with Gasteiger partial charge in [-0.15, -0.1) is 0 Å². The molecule has 3 rings (SSSR count). The third kappa shape index (κ3) is 4.39.